The predicted molar refractivity (Wildman–Crippen MR) is 84.8 cm³/mol. The van der Waals surface area contributed by atoms with Crippen LogP contribution in [0.5, 0.6) is 5.75 Å². The van der Waals surface area contributed by atoms with Crippen molar-refractivity contribution in [3.63, 3.8) is 0 Å². The molecule has 1 aromatic heterocycles. The van der Waals surface area contributed by atoms with E-state index in [0.29, 0.717) is 29.4 Å². The fourth-order valence-corrected chi connectivity index (χ4v) is 4.26. The zero-order valence-corrected chi connectivity index (χ0v) is 14.1. The summed E-state index contributed by atoms with van der Waals surface area (Å²) in [4.78, 5) is 10.9. The molecule has 2 N–H and O–H groups in total. The molecule has 0 aliphatic carbocycles. The summed E-state index contributed by atoms with van der Waals surface area (Å²) in [7, 11) is -2.72. The molecule has 1 unspecified atom stereocenters. The number of nitrogens with zero attached hydrogens (tertiary/aromatic N) is 2. The topological polar surface area (TPSA) is 111 Å². The highest BCUT2D eigenvalue weighted by Crippen LogP contribution is 2.38. The second-order valence-corrected chi connectivity index (χ2v) is 7.34. The van der Waals surface area contributed by atoms with Gasteiger partial charge in [-0.1, -0.05) is 23.7 Å². The summed E-state index contributed by atoms with van der Waals surface area (Å²) in [5, 5.41) is 13.3. The summed E-state index contributed by atoms with van der Waals surface area (Å²) in [6.07, 6.45) is 1.42. The van der Waals surface area contributed by atoms with Crippen LogP contribution in [0, 0.1) is 0 Å². The second-order valence-electron chi connectivity index (χ2n) is 5.26. The molecule has 10 heteroatoms. The van der Waals surface area contributed by atoms with Crippen molar-refractivity contribution >= 4 is 27.6 Å². The number of aromatic nitrogens is 2. The number of benzene rings is 1. The fourth-order valence-electron chi connectivity index (χ4n) is 2.62. The van der Waals surface area contributed by atoms with Crippen molar-refractivity contribution in [1.29, 1.82) is 0 Å². The smallest absolute Gasteiger partial charge is 0.355 e. The minimum Gasteiger partial charge on any atom is -0.492 e. The summed E-state index contributed by atoms with van der Waals surface area (Å²) in [5.74, 6) is -0.937. The number of hydrogen-bond donors (Lipinski definition) is 2. The van der Waals surface area contributed by atoms with E-state index in [1.807, 2.05) is 0 Å². The minimum atomic E-state index is -4.08. The fraction of sp³-hybridized carbons (Fsp3) is 0.286. The van der Waals surface area contributed by atoms with Crippen molar-refractivity contribution in [2.24, 2.45) is 7.05 Å². The van der Waals surface area contributed by atoms with E-state index in [0.717, 1.165) is 10.9 Å². The Hall–Kier alpha value is -2.10. The van der Waals surface area contributed by atoms with E-state index >= 15 is 0 Å². The molecule has 1 aromatic carbocycles. The maximum absolute atomic E-state index is 12.6. The number of ether oxygens (including phenoxy) is 1. The maximum atomic E-state index is 12.6. The number of fused-ring (bicyclic) bond motifs is 1. The molecule has 0 amide bonds. The quantitative estimate of drug-likeness (QED) is 0.844. The third-order valence-electron chi connectivity index (χ3n) is 3.72. The van der Waals surface area contributed by atoms with Crippen molar-refractivity contribution in [3.8, 4) is 5.75 Å². The molecule has 2 heterocycles. The summed E-state index contributed by atoms with van der Waals surface area (Å²) >= 11 is 6.07. The van der Waals surface area contributed by atoms with Gasteiger partial charge in [-0.2, -0.15) is 5.10 Å². The molecule has 3 rings (SSSR count). The van der Waals surface area contributed by atoms with Gasteiger partial charge in [-0.3, -0.25) is 4.68 Å². The van der Waals surface area contributed by atoms with Crippen molar-refractivity contribution in [2.45, 2.75) is 17.4 Å². The predicted octanol–water partition coefficient (Wildman–Crippen LogP) is 1.57. The number of rotatable bonds is 4. The van der Waals surface area contributed by atoms with E-state index in [4.69, 9.17) is 16.3 Å². The number of hydrogen-bond acceptors (Lipinski definition) is 5. The number of para-hydroxylation sites is 1. The van der Waals surface area contributed by atoms with Crippen molar-refractivity contribution in [3.05, 3.63) is 40.7 Å². The first-order valence-corrected chi connectivity index (χ1v) is 8.86. The van der Waals surface area contributed by atoms with Crippen LogP contribution in [-0.2, 0) is 17.1 Å². The Morgan fingerprint density at radius 1 is 1.50 bits per heavy atom. The molecule has 0 spiro atoms. The van der Waals surface area contributed by atoms with Gasteiger partial charge in [0.15, 0.2) is 5.69 Å². The Morgan fingerprint density at radius 3 is 2.96 bits per heavy atom. The van der Waals surface area contributed by atoms with Gasteiger partial charge in [-0.25, -0.2) is 17.9 Å². The van der Waals surface area contributed by atoms with Gasteiger partial charge in [0.25, 0.3) is 0 Å². The van der Waals surface area contributed by atoms with Gasteiger partial charge in [-0.15, -0.1) is 0 Å². The van der Waals surface area contributed by atoms with E-state index in [2.05, 4.69) is 9.82 Å². The molecule has 0 fully saturated rings. The molecule has 0 radical (unpaired) electrons. The minimum absolute atomic E-state index is 0.294. The summed E-state index contributed by atoms with van der Waals surface area (Å²) < 4.78 is 34.3. The van der Waals surface area contributed by atoms with Crippen LogP contribution in [0.2, 0.25) is 5.02 Å². The highest BCUT2D eigenvalue weighted by atomic mass is 35.5. The molecule has 8 nitrogen and oxygen atoms in total. The van der Waals surface area contributed by atoms with Gasteiger partial charge in [0.2, 0.25) is 10.0 Å². The number of sulfonamides is 1. The van der Waals surface area contributed by atoms with Crippen molar-refractivity contribution < 1.29 is 23.1 Å². The van der Waals surface area contributed by atoms with Crippen LogP contribution in [0.1, 0.15) is 28.5 Å². The Kier molecular flexibility index (Phi) is 4.24. The van der Waals surface area contributed by atoms with Crippen LogP contribution in [0.3, 0.4) is 0 Å². The first kappa shape index (κ1) is 16.7. The maximum Gasteiger partial charge on any atom is 0.355 e. The normalized spacial score (nSPS) is 17.2. The Labute approximate surface area is 143 Å². The Balaban J connectivity index is 1.98. The summed E-state index contributed by atoms with van der Waals surface area (Å²) in [6, 6.07) is 4.50. The summed E-state index contributed by atoms with van der Waals surface area (Å²) in [6.45, 7) is 0.294. The van der Waals surface area contributed by atoms with Crippen LogP contribution < -0.4 is 9.46 Å². The largest absolute Gasteiger partial charge is 0.492 e. The monoisotopic (exact) mass is 371 g/mol. The molecule has 1 aliphatic heterocycles. The number of halogens is 1. The molecular weight excluding hydrogens is 358 g/mol. The first-order chi connectivity index (χ1) is 11.3. The van der Waals surface area contributed by atoms with Crippen LogP contribution in [-0.4, -0.2) is 35.9 Å². The van der Waals surface area contributed by atoms with Crippen molar-refractivity contribution in [2.75, 3.05) is 6.61 Å². The van der Waals surface area contributed by atoms with Gasteiger partial charge >= 0.3 is 5.97 Å². The third kappa shape index (κ3) is 2.85. The molecule has 1 aliphatic rings. The third-order valence-corrected chi connectivity index (χ3v) is 5.49. The molecule has 128 valence electrons. The van der Waals surface area contributed by atoms with Gasteiger partial charge in [0.1, 0.15) is 10.6 Å². The van der Waals surface area contributed by atoms with E-state index in [9.17, 15) is 18.3 Å². The van der Waals surface area contributed by atoms with Crippen LogP contribution in [0.25, 0.3) is 0 Å². The Morgan fingerprint density at radius 2 is 2.25 bits per heavy atom. The lowest BCUT2D eigenvalue weighted by Gasteiger charge is -2.27. The number of aromatic carboxylic acids is 1. The number of nitrogens with one attached hydrogen (secondary N) is 1. The zero-order valence-electron chi connectivity index (χ0n) is 12.6. The lowest BCUT2D eigenvalue weighted by Crippen LogP contribution is -2.33. The highest BCUT2D eigenvalue weighted by Gasteiger charge is 2.32. The van der Waals surface area contributed by atoms with Crippen LogP contribution in [0.15, 0.2) is 29.3 Å². The van der Waals surface area contributed by atoms with Gasteiger partial charge in [-0.05, 0) is 6.07 Å². The number of carbonyl (C=O) groups is 1. The highest BCUT2D eigenvalue weighted by molar-refractivity contribution is 7.89. The first-order valence-electron chi connectivity index (χ1n) is 7.00. The van der Waals surface area contributed by atoms with E-state index < -0.39 is 27.7 Å². The molecule has 1 atom stereocenters. The molecule has 0 bridgehead atoms. The number of aryl methyl sites for hydroxylation is 1. The van der Waals surface area contributed by atoms with Gasteiger partial charge in [0, 0.05) is 19.0 Å². The van der Waals surface area contributed by atoms with E-state index in [-0.39, 0.29) is 4.90 Å². The van der Waals surface area contributed by atoms with Crippen LogP contribution in [0.4, 0.5) is 0 Å². The molecule has 0 saturated heterocycles. The molecule has 24 heavy (non-hydrogen) atoms. The second kappa shape index (κ2) is 6.08. The Bertz CT molecular complexity index is 909. The van der Waals surface area contributed by atoms with Gasteiger partial charge < -0.3 is 9.84 Å². The average Bonchev–Trinajstić information content (AvgIpc) is 2.91. The van der Waals surface area contributed by atoms with Crippen molar-refractivity contribution in [1.82, 2.24) is 14.5 Å². The number of carboxylic acids is 1. The lowest BCUT2D eigenvalue weighted by atomic mass is 10.0. The summed E-state index contributed by atoms with van der Waals surface area (Å²) in [5.41, 5.74) is 0.207. The molecular formula is C14H14ClN3O5S. The van der Waals surface area contributed by atoms with Crippen LogP contribution >= 0.6 is 11.6 Å². The SMILES string of the molecule is Cn1ncc(S(=O)(=O)NC2CCOc3c(Cl)cccc32)c1C(=O)O. The lowest BCUT2D eigenvalue weighted by molar-refractivity contribution is 0.0680. The standard InChI is InChI=1S/C14H14ClN3O5S/c1-18-12(14(19)20)11(7-16-18)24(21,22)17-10-5-6-23-13-8(10)3-2-4-9(13)15/h2-4,7,10,17H,5-6H2,1H3,(H,19,20). The average molecular weight is 372 g/mol. The number of carboxylic acid groups (broad SMARTS) is 1. The van der Waals surface area contributed by atoms with E-state index in [1.165, 1.54) is 7.05 Å². The van der Waals surface area contributed by atoms with Gasteiger partial charge in [0.05, 0.1) is 23.9 Å². The molecule has 0 saturated carbocycles. The van der Waals surface area contributed by atoms with E-state index in [1.54, 1.807) is 18.2 Å². The molecule has 2 aromatic rings. The zero-order chi connectivity index (χ0) is 17.5.